The van der Waals surface area contributed by atoms with Gasteiger partial charge in [-0.1, -0.05) is 27.2 Å². The molecular formula is C13H27NO. The first-order valence-corrected chi connectivity index (χ1v) is 6.44. The van der Waals surface area contributed by atoms with Crippen molar-refractivity contribution < 1.29 is 5.11 Å². The van der Waals surface area contributed by atoms with E-state index in [2.05, 4.69) is 20.8 Å². The second kappa shape index (κ2) is 5.31. The van der Waals surface area contributed by atoms with Crippen LogP contribution >= 0.6 is 0 Å². The molecule has 0 aliphatic heterocycles. The molecule has 0 aromatic carbocycles. The molecule has 1 rings (SSSR count). The quantitative estimate of drug-likeness (QED) is 0.754. The standard InChI is InChI=1S/C13H27NO/c1-4-5-13(15,9-14)12-7-10(2)6-11(3)8-12/h10-12,15H,4-9,14H2,1-3H3. The highest BCUT2D eigenvalue weighted by atomic mass is 16.3. The summed E-state index contributed by atoms with van der Waals surface area (Å²) >= 11 is 0. The van der Waals surface area contributed by atoms with Gasteiger partial charge < -0.3 is 10.8 Å². The summed E-state index contributed by atoms with van der Waals surface area (Å²) in [5.74, 6) is 1.91. The van der Waals surface area contributed by atoms with E-state index in [1.54, 1.807) is 0 Å². The second-order valence-electron chi connectivity index (χ2n) is 5.67. The molecule has 2 nitrogen and oxygen atoms in total. The van der Waals surface area contributed by atoms with Gasteiger partial charge in [0.15, 0.2) is 0 Å². The van der Waals surface area contributed by atoms with E-state index < -0.39 is 5.60 Å². The van der Waals surface area contributed by atoms with E-state index in [1.807, 2.05) is 0 Å². The van der Waals surface area contributed by atoms with Crippen LogP contribution in [0.1, 0.15) is 52.9 Å². The van der Waals surface area contributed by atoms with Crippen LogP contribution in [0.25, 0.3) is 0 Å². The highest BCUT2D eigenvalue weighted by molar-refractivity contribution is 4.91. The molecule has 3 N–H and O–H groups in total. The lowest BCUT2D eigenvalue weighted by atomic mass is 9.68. The third-order valence-corrected chi connectivity index (χ3v) is 3.97. The van der Waals surface area contributed by atoms with Crippen molar-refractivity contribution in [2.45, 2.75) is 58.5 Å². The fraction of sp³-hybridized carbons (Fsp3) is 1.00. The smallest absolute Gasteiger partial charge is 0.0797 e. The van der Waals surface area contributed by atoms with Crippen molar-refractivity contribution in [1.29, 1.82) is 0 Å². The van der Waals surface area contributed by atoms with Gasteiger partial charge in [-0.2, -0.15) is 0 Å². The van der Waals surface area contributed by atoms with Crippen molar-refractivity contribution in [3.8, 4) is 0 Å². The Kier molecular flexibility index (Phi) is 4.60. The van der Waals surface area contributed by atoms with Crippen LogP contribution in [0, 0.1) is 17.8 Å². The fourth-order valence-electron chi connectivity index (χ4n) is 3.29. The van der Waals surface area contributed by atoms with Crippen LogP contribution in [-0.4, -0.2) is 17.3 Å². The van der Waals surface area contributed by atoms with E-state index in [0.29, 0.717) is 12.5 Å². The highest BCUT2D eigenvalue weighted by Gasteiger charge is 2.38. The van der Waals surface area contributed by atoms with Crippen LogP contribution in [0.5, 0.6) is 0 Å². The van der Waals surface area contributed by atoms with Gasteiger partial charge in [0.2, 0.25) is 0 Å². The summed E-state index contributed by atoms with van der Waals surface area (Å²) in [7, 11) is 0. The predicted octanol–water partition coefficient (Wildman–Crippen LogP) is 2.55. The van der Waals surface area contributed by atoms with Gasteiger partial charge in [-0.3, -0.25) is 0 Å². The van der Waals surface area contributed by atoms with Crippen LogP contribution in [0.3, 0.4) is 0 Å². The number of nitrogens with two attached hydrogens (primary N) is 1. The normalized spacial score (nSPS) is 36.2. The molecule has 0 saturated heterocycles. The van der Waals surface area contributed by atoms with Crippen molar-refractivity contribution in [2.75, 3.05) is 6.54 Å². The molecule has 0 bridgehead atoms. The van der Waals surface area contributed by atoms with Gasteiger partial charge >= 0.3 is 0 Å². The van der Waals surface area contributed by atoms with Gasteiger partial charge in [0, 0.05) is 6.54 Å². The average Bonchev–Trinajstić information content (AvgIpc) is 2.16. The van der Waals surface area contributed by atoms with Crippen LogP contribution in [-0.2, 0) is 0 Å². The molecule has 1 aliphatic carbocycles. The van der Waals surface area contributed by atoms with Crippen molar-refractivity contribution in [2.24, 2.45) is 23.5 Å². The summed E-state index contributed by atoms with van der Waals surface area (Å²) in [5, 5.41) is 10.6. The lowest BCUT2D eigenvalue weighted by Crippen LogP contribution is -2.47. The molecule has 15 heavy (non-hydrogen) atoms. The Labute approximate surface area is 94.2 Å². The number of aliphatic hydroxyl groups is 1. The van der Waals surface area contributed by atoms with Crippen LogP contribution in [0.4, 0.5) is 0 Å². The van der Waals surface area contributed by atoms with Gasteiger partial charge in [0.1, 0.15) is 0 Å². The van der Waals surface area contributed by atoms with Gasteiger partial charge in [-0.25, -0.2) is 0 Å². The Hall–Kier alpha value is -0.0800. The first-order valence-electron chi connectivity index (χ1n) is 6.44. The number of hydrogen-bond donors (Lipinski definition) is 2. The summed E-state index contributed by atoms with van der Waals surface area (Å²) in [6.45, 7) is 7.14. The summed E-state index contributed by atoms with van der Waals surface area (Å²) in [6, 6.07) is 0. The Morgan fingerprint density at radius 1 is 1.20 bits per heavy atom. The molecule has 90 valence electrons. The van der Waals surface area contributed by atoms with Crippen molar-refractivity contribution >= 4 is 0 Å². The monoisotopic (exact) mass is 213 g/mol. The van der Waals surface area contributed by atoms with E-state index in [9.17, 15) is 5.11 Å². The Bertz CT molecular complexity index is 185. The molecule has 0 radical (unpaired) electrons. The van der Waals surface area contributed by atoms with E-state index >= 15 is 0 Å². The molecule has 0 aromatic rings. The maximum absolute atomic E-state index is 10.6. The molecule has 1 fully saturated rings. The maximum Gasteiger partial charge on any atom is 0.0797 e. The average molecular weight is 213 g/mol. The minimum Gasteiger partial charge on any atom is -0.388 e. The second-order valence-corrected chi connectivity index (χ2v) is 5.67. The first kappa shape index (κ1) is 13.0. The third kappa shape index (κ3) is 3.18. The van der Waals surface area contributed by atoms with E-state index in [4.69, 9.17) is 5.73 Å². The Morgan fingerprint density at radius 2 is 1.73 bits per heavy atom. The number of hydrogen-bond acceptors (Lipinski definition) is 2. The minimum atomic E-state index is -0.600. The third-order valence-electron chi connectivity index (χ3n) is 3.97. The zero-order valence-electron chi connectivity index (χ0n) is 10.5. The van der Waals surface area contributed by atoms with Gasteiger partial charge in [-0.15, -0.1) is 0 Å². The predicted molar refractivity (Wildman–Crippen MR) is 64.6 cm³/mol. The molecular weight excluding hydrogens is 186 g/mol. The zero-order valence-corrected chi connectivity index (χ0v) is 10.5. The molecule has 0 spiro atoms. The van der Waals surface area contributed by atoms with Crippen molar-refractivity contribution in [1.82, 2.24) is 0 Å². The molecule has 3 atom stereocenters. The summed E-state index contributed by atoms with van der Waals surface area (Å²) in [5.41, 5.74) is 5.17. The van der Waals surface area contributed by atoms with E-state index in [-0.39, 0.29) is 0 Å². The largest absolute Gasteiger partial charge is 0.388 e. The molecule has 0 amide bonds. The SMILES string of the molecule is CCCC(O)(CN)C1CC(C)CC(C)C1. The first-order chi connectivity index (χ1) is 7.01. The zero-order chi connectivity index (χ0) is 11.5. The highest BCUT2D eigenvalue weighted by Crippen LogP contribution is 2.40. The Balaban J connectivity index is 2.66. The molecule has 2 heteroatoms. The molecule has 1 aliphatic rings. The van der Waals surface area contributed by atoms with E-state index in [0.717, 1.165) is 37.5 Å². The van der Waals surface area contributed by atoms with Crippen LogP contribution < -0.4 is 5.73 Å². The Morgan fingerprint density at radius 3 is 2.13 bits per heavy atom. The lowest BCUT2D eigenvalue weighted by Gasteiger charge is -2.42. The number of rotatable bonds is 4. The molecule has 0 aromatic heterocycles. The summed E-state index contributed by atoms with van der Waals surface area (Å²) in [4.78, 5) is 0. The molecule has 0 heterocycles. The minimum absolute atomic E-state index is 0.418. The van der Waals surface area contributed by atoms with E-state index in [1.165, 1.54) is 6.42 Å². The fourth-order valence-corrected chi connectivity index (χ4v) is 3.29. The van der Waals surface area contributed by atoms with Crippen molar-refractivity contribution in [3.05, 3.63) is 0 Å². The van der Waals surface area contributed by atoms with Gasteiger partial charge in [-0.05, 0) is 43.4 Å². The van der Waals surface area contributed by atoms with Crippen LogP contribution in [0.2, 0.25) is 0 Å². The summed E-state index contributed by atoms with van der Waals surface area (Å²) in [6.07, 6.45) is 5.49. The van der Waals surface area contributed by atoms with Crippen LogP contribution in [0.15, 0.2) is 0 Å². The molecule has 3 unspecified atom stereocenters. The van der Waals surface area contributed by atoms with Crippen molar-refractivity contribution in [3.63, 3.8) is 0 Å². The van der Waals surface area contributed by atoms with Gasteiger partial charge in [0.25, 0.3) is 0 Å². The summed E-state index contributed by atoms with van der Waals surface area (Å²) < 4.78 is 0. The van der Waals surface area contributed by atoms with Gasteiger partial charge in [0.05, 0.1) is 5.60 Å². The topological polar surface area (TPSA) is 46.2 Å². The molecule has 1 saturated carbocycles. The lowest BCUT2D eigenvalue weighted by molar-refractivity contribution is -0.0479. The maximum atomic E-state index is 10.6.